The molecule has 0 amide bonds. The van der Waals surface area contributed by atoms with Gasteiger partial charge in [-0.15, -0.1) is 0 Å². The number of thioether (sulfide) groups is 1. The van der Waals surface area contributed by atoms with E-state index >= 15 is 0 Å². The topological polar surface area (TPSA) is 42.9 Å². The molecule has 98 valence electrons. The van der Waals surface area contributed by atoms with E-state index in [9.17, 15) is 4.79 Å². The highest BCUT2D eigenvalue weighted by molar-refractivity contribution is 9.10. The third kappa shape index (κ3) is 2.96. The number of carbonyl (C=O) groups is 1. The molecule has 0 N–H and O–H groups in total. The van der Waals surface area contributed by atoms with Crippen LogP contribution in [0.2, 0.25) is 0 Å². The second-order valence-corrected chi connectivity index (χ2v) is 7.55. The van der Waals surface area contributed by atoms with Crippen molar-refractivity contribution in [2.24, 2.45) is 0 Å². The van der Waals surface area contributed by atoms with Crippen LogP contribution in [0.3, 0.4) is 0 Å². The Balaban J connectivity index is 2.32. The summed E-state index contributed by atoms with van der Waals surface area (Å²) in [7, 11) is 0. The molecule has 6 heteroatoms. The molecular formula is C12H14Br2N2OS. The van der Waals surface area contributed by atoms with Crippen molar-refractivity contribution >= 4 is 49.4 Å². The van der Waals surface area contributed by atoms with Gasteiger partial charge in [0.2, 0.25) is 0 Å². The van der Waals surface area contributed by atoms with Gasteiger partial charge in [-0.3, -0.25) is 4.79 Å². The number of nitrogens with zero attached hydrogens (tertiary/aromatic N) is 2. The molecule has 0 unspecified atom stereocenters. The Kier molecular flexibility index (Phi) is 4.83. The van der Waals surface area contributed by atoms with Crippen molar-refractivity contribution in [2.45, 2.75) is 41.6 Å². The third-order valence-corrected chi connectivity index (χ3v) is 5.47. The first kappa shape index (κ1) is 14.5. The summed E-state index contributed by atoms with van der Waals surface area (Å²) in [4.78, 5) is 21.1. The van der Waals surface area contributed by atoms with Gasteiger partial charge in [0.15, 0.2) is 10.9 Å². The molecule has 0 saturated heterocycles. The number of hydrogen-bond donors (Lipinski definition) is 0. The van der Waals surface area contributed by atoms with Gasteiger partial charge in [0.25, 0.3) is 0 Å². The van der Waals surface area contributed by atoms with Gasteiger partial charge in [-0.1, -0.05) is 47.0 Å². The van der Waals surface area contributed by atoms with E-state index in [1.807, 2.05) is 6.26 Å². The summed E-state index contributed by atoms with van der Waals surface area (Å²) in [6.07, 6.45) is 8.73. The van der Waals surface area contributed by atoms with E-state index in [0.29, 0.717) is 15.3 Å². The van der Waals surface area contributed by atoms with Crippen molar-refractivity contribution < 1.29 is 4.79 Å². The first-order valence-electron chi connectivity index (χ1n) is 5.87. The minimum atomic E-state index is -0.433. The van der Waals surface area contributed by atoms with Crippen LogP contribution in [0, 0.1) is 0 Å². The molecule has 1 aliphatic rings. The molecule has 3 nitrogen and oxygen atoms in total. The lowest BCUT2D eigenvalue weighted by atomic mass is 9.85. The molecule has 18 heavy (non-hydrogen) atoms. The SMILES string of the molecule is CSc1ncc(Br)c(C(=O)C2(Br)CCCCC2)n1. The zero-order valence-electron chi connectivity index (χ0n) is 10.1. The molecular weight excluding hydrogens is 380 g/mol. The summed E-state index contributed by atoms with van der Waals surface area (Å²) in [5, 5.41) is 0.633. The van der Waals surface area contributed by atoms with Gasteiger partial charge in [-0.05, 0) is 35.0 Å². The Morgan fingerprint density at radius 2 is 2.06 bits per heavy atom. The van der Waals surface area contributed by atoms with Crippen LogP contribution in [0.15, 0.2) is 15.8 Å². The summed E-state index contributed by atoms with van der Waals surface area (Å²) in [6, 6.07) is 0. The van der Waals surface area contributed by atoms with E-state index in [4.69, 9.17) is 0 Å². The van der Waals surface area contributed by atoms with Gasteiger partial charge in [-0.25, -0.2) is 9.97 Å². The second-order valence-electron chi connectivity index (χ2n) is 4.41. The summed E-state index contributed by atoms with van der Waals surface area (Å²) < 4.78 is 0.243. The Bertz CT molecular complexity index is 461. The quantitative estimate of drug-likeness (QED) is 0.333. The van der Waals surface area contributed by atoms with Gasteiger partial charge in [0.1, 0.15) is 5.69 Å². The Morgan fingerprint density at radius 1 is 1.39 bits per heavy atom. The predicted octanol–water partition coefficient (Wildman–Crippen LogP) is 4.24. The van der Waals surface area contributed by atoms with Crippen molar-refractivity contribution in [3.63, 3.8) is 0 Å². The Labute approximate surface area is 128 Å². The van der Waals surface area contributed by atoms with Crippen molar-refractivity contribution in [1.82, 2.24) is 9.97 Å². The molecule has 0 radical (unpaired) electrons. The van der Waals surface area contributed by atoms with Gasteiger partial charge in [-0.2, -0.15) is 0 Å². The van der Waals surface area contributed by atoms with E-state index < -0.39 is 4.32 Å². The maximum Gasteiger partial charge on any atom is 0.199 e. The minimum Gasteiger partial charge on any atom is -0.291 e. The van der Waals surface area contributed by atoms with Crippen molar-refractivity contribution in [3.05, 3.63) is 16.4 Å². The first-order chi connectivity index (χ1) is 8.57. The fourth-order valence-electron chi connectivity index (χ4n) is 2.16. The van der Waals surface area contributed by atoms with Crippen molar-refractivity contribution in [3.8, 4) is 0 Å². The molecule has 1 aromatic rings. The van der Waals surface area contributed by atoms with Crippen LogP contribution in [-0.4, -0.2) is 26.3 Å². The second kappa shape index (κ2) is 6.01. The van der Waals surface area contributed by atoms with E-state index in [1.54, 1.807) is 6.20 Å². The van der Waals surface area contributed by atoms with Gasteiger partial charge < -0.3 is 0 Å². The smallest absolute Gasteiger partial charge is 0.199 e. The van der Waals surface area contributed by atoms with Crippen LogP contribution in [-0.2, 0) is 0 Å². The fourth-order valence-corrected chi connectivity index (χ4v) is 3.62. The van der Waals surface area contributed by atoms with Crippen LogP contribution < -0.4 is 0 Å². The zero-order valence-corrected chi connectivity index (χ0v) is 14.1. The van der Waals surface area contributed by atoms with E-state index in [1.165, 1.54) is 18.2 Å². The average molecular weight is 394 g/mol. The predicted molar refractivity (Wildman–Crippen MR) is 80.6 cm³/mol. The number of ketones is 1. The summed E-state index contributed by atoms with van der Waals surface area (Å²) >= 11 is 8.46. The van der Waals surface area contributed by atoms with Crippen LogP contribution in [0.25, 0.3) is 0 Å². The van der Waals surface area contributed by atoms with Crippen LogP contribution in [0.4, 0.5) is 0 Å². The van der Waals surface area contributed by atoms with Crippen LogP contribution in [0.1, 0.15) is 42.6 Å². The van der Waals surface area contributed by atoms with E-state index in [0.717, 1.165) is 25.7 Å². The van der Waals surface area contributed by atoms with E-state index in [2.05, 4.69) is 41.8 Å². The van der Waals surface area contributed by atoms with E-state index in [-0.39, 0.29) is 5.78 Å². The molecule has 0 bridgehead atoms. The monoisotopic (exact) mass is 392 g/mol. The standard InChI is InChI=1S/C12H14Br2N2OS/c1-18-11-15-7-8(13)9(16-11)10(17)12(14)5-3-2-4-6-12/h7H,2-6H2,1H3. The zero-order chi connectivity index (χ0) is 13.2. The Hall–Kier alpha value is 0.0600. The lowest BCUT2D eigenvalue weighted by Gasteiger charge is -2.29. The average Bonchev–Trinajstić information content (AvgIpc) is 2.39. The minimum absolute atomic E-state index is 0.0757. The summed E-state index contributed by atoms with van der Waals surface area (Å²) in [5.41, 5.74) is 0.494. The number of carbonyl (C=O) groups excluding carboxylic acids is 1. The lowest BCUT2D eigenvalue weighted by molar-refractivity contribution is 0.0916. The number of hydrogen-bond acceptors (Lipinski definition) is 4. The maximum absolute atomic E-state index is 12.6. The van der Waals surface area contributed by atoms with Crippen LogP contribution in [0.5, 0.6) is 0 Å². The number of aromatic nitrogens is 2. The third-order valence-electron chi connectivity index (χ3n) is 3.17. The first-order valence-corrected chi connectivity index (χ1v) is 8.68. The number of rotatable bonds is 3. The fraction of sp³-hybridized carbons (Fsp3) is 0.583. The maximum atomic E-state index is 12.6. The van der Waals surface area contributed by atoms with Crippen molar-refractivity contribution in [2.75, 3.05) is 6.26 Å². The molecule has 0 aliphatic heterocycles. The lowest BCUT2D eigenvalue weighted by Crippen LogP contribution is -2.35. The molecule has 1 saturated carbocycles. The molecule has 1 aliphatic carbocycles. The molecule has 0 atom stereocenters. The van der Waals surface area contributed by atoms with Gasteiger partial charge in [0.05, 0.1) is 8.80 Å². The number of Topliss-reactive ketones (excluding diaryl/α,β-unsaturated/α-hetero) is 1. The molecule has 1 fully saturated rings. The molecule has 2 rings (SSSR count). The molecule has 1 heterocycles. The summed E-state index contributed by atoms with van der Waals surface area (Å²) in [6.45, 7) is 0. The highest BCUT2D eigenvalue weighted by Crippen LogP contribution is 2.39. The van der Waals surface area contributed by atoms with Crippen LogP contribution >= 0.6 is 43.6 Å². The van der Waals surface area contributed by atoms with Gasteiger partial charge >= 0.3 is 0 Å². The number of halogens is 2. The summed E-state index contributed by atoms with van der Waals surface area (Å²) in [5.74, 6) is 0.0757. The molecule has 0 spiro atoms. The number of alkyl halides is 1. The van der Waals surface area contributed by atoms with Gasteiger partial charge in [0, 0.05) is 6.20 Å². The Morgan fingerprint density at radius 3 is 2.67 bits per heavy atom. The normalized spacial score (nSPS) is 18.6. The molecule has 0 aromatic carbocycles. The highest BCUT2D eigenvalue weighted by atomic mass is 79.9. The highest BCUT2D eigenvalue weighted by Gasteiger charge is 2.39. The largest absolute Gasteiger partial charge is 0.291 e. The molecule has 1 aromatic heterocycles. The van der Waals surface area contributed by atoms with Crippen molar-refractivity contribution in [1.29, 1.82) is 0 Å².